The van der Waals surface area contributed by atoms with Crippen LogP contribution in [0.25, 0.3) is 0 Å². The lowest BCUT2D eigenvalue weighted by Crippen LogP contribution is -2.28. The smallest absolute Gasteiger partial charge is 0.303 e. The molecule has 1 aliphatic rings. The minimum Gasteiger partial charge on any atom is -0.481 e. The normalized spacial score (nSPS) is 16.0. The van der Waals surface area contributed by atoms with Gasteiger partial charge in [-0.1, -0.05) is 19.3 Å². The molecule has 20 heavy (non-hydrogen) atoms. The number of hydrogen-bond acceptors (Lipinski definition) is 3. The lowest BCUT2D eigenvalue weighted by atomic mass is 9.96. The first-order valence-electron chi connectivity index (χ1n) is 7.74. The highest BCUT2D eigenvalue weighted by Gasteiger charge is 2.16. The van der Waals surface area contributed by atoms with Gasteiger partial charge < -0.3 is 15.2 Å². The van der Waals surface area contributed by atoms with E-state index in [-0.39, 0.29) is 12.3 Å². The molecule has 1 saturated heterocycles. The predicted octanol–water partition coefficient (Wildman–Crippen LogP) is 2.34. The minimum atomic E-state index is -0.717. The monoisotopic (exact) mass is 285 g/mol. The van der Waals surface area contributed by atoms with Crippen molar-refractivity contribution in [2.75, 3.05) is 19.8 Å². The van der Waals surface area contributed by atoms with Crippen LogP contribution in [-0.4, -0.2) is 36.7 Å². The van der Waals surface area contributed by atoms with Crippen LogP contribution < -0.4 is 5.32 Å². The first-order chi connectivity index (χ1) is 9.68. The first-order valence-corrected chi connectivity index (χ1v) is 7.74. The molecule has 0 atom stereocenters. The zero-order valence-corrected chi connectivity index (χ0v) is 12.2. The van der Waals surface area contributed by atoms with Gasteiger partial charge in [0.2, 0.25) is 5.91 Å². The predicted molar refractivity (Wildman–Crippen MR) is 76.5 cm³/mol. The summed E-state index contributed by atoms with van der Waals surface area (Å²) in [5, 5.41) is 11.5. The highest BCUT2D eigenvalue weighted by molar-refractivity contribution is 5.76. The fraction of sp³-hybridized carbons (Fsp3) is 0.867. The van der Waals surface area contributed by atoms with Gasteiger partial charge in [0.25, 0.3) is 0 Å². The highest BCUT2D eigenvalue weighted by atomic mass is 16.5. The summed E-state index contributed by atoms with van der Waals surface area (Å²) in [5.74, 6) is -0.0760. The van der Waals surface area contributed by atoms with E-state index >= 15 is 0 Å². The topological polar surface area (TPSA) is 75.6 Å². The molecule has 5 nitrogen and oxygen atoms in total. The molecule has 1 fully saturated rings. The van der Waals surface area contributed by atoms with Crippen molar-refractivity contribution in [1.29, 1.82) is 0 Å². The van der Waals surface area contributed by atoms with E-state index in [0.717, 1.165) is 64.7 Å². The number of rotatable bonds is 10. The van der Waals surface area contributed by atoms with E-state index in [4.69, 9.17) is 9.84 Å². The van der Waals surface area contributed by atoms with Crippen LogP contribution in [0.15, 0.2) is 0 Å². The molecular formula is C15H27NO4. The van der Waals surface area contributed by atoms with Gasteiger partial charge in [-0.3, -0.25) is 9.59 Å². The zero-order chi connectivity index (χ0) is 14.6. The first kappa shape index (κ1) is 17.0. The average Bonchev–Trinajstić information content (AvgIpc) is 2.42. The molecule has 1 amide bonds. The maximum absolute atomic E-state index is 11.7. The zero-order valence-electron chi connectivity index (χ0n) is 12.2. The van der Waals surface area contributed by atoms with E-state index in [1.807, 2.05) is 0 Å². The molecule has 0 aromatic heterocycles. The number of unbranched alkanes of at least 4 members (excludes halogenated alkanes) is 4. The molecule has 0 aromatic carbocycles. The molecule has 116 valence electrons. The number of hydrogen-bond donors (Lipinski definition) is 2. The molecule has 0 bridgehead atoms. The Morgan fingerprint density at radius 3 is 2.40 bits per heavy atom. The maximum atomic E-state index is 11.7. The Kier molecular flexibility index (Phi) is 9.04. The molecule has 0 spiro atoms. The van der Waals surface area contributed by atoms with Crippen LogP contribution in [0.4, 0.5) is 0 Å². The Bertz CT molecular complexity index is 288. The second-order valence-corrected chi connectivity index (χ2v) is 5.52. The van der Waals surface area contributed by atoms with Crippen LogP contribution in [0.5, 0.6) is 0 Å². The number of nitrogens with one attached hydrogen (secondary N) is 1. The van der Waals surface area contributed by atoms with Crippen molar-refractivity contribution in [3.63, 3.8) is 0 Å². The molecular weight excluding hydrogens is 258 g/mol. The number of carboxylic acid groups (broad SMARTS) is 1. The molecule has 0 radical (unpaired) electrons. The van der Waals surface area contributed by atoms with E-state index < -0.39 is 5.97 Å². The fourth-order valence-electron chi connectivity index (χ4n) is 2.44. The van der Waals surface area contributed by atoms with E-state index in [0.29, 0.717) is 12.3 Å². The SMILES string of the molecule is O=C(O)CCCCCCCNC(=O)CC1CCOCC1. The van der Waals surface area contributed by atoms with Crippen LogP contribution in [0.1, 0.15) is 57.8 Å². The Labute approximate surface area is 121 Å². The van der Waals surface area contributed by atoms with Crippen LogP contribution in [0.3, 0.4) is 0 Å². The van der Waals surface area contributed by atoms with Gasteiger partial charge in [-0.05, 0) is 31.6 Å². The van der Waals surface area contributed by atoms with Crippen LogP contribution >= 0.6 is 0 Å². The number of aliphatic carboxylic acids is 1. The van der Waals surface area contributed by atoms with Crippen molar-refractivity contribution < 1.29 is 19.4 Å². The van der Waals surface area contributed by atoms with Crippen LogP contribution in [-0.2, 0) is 14.3 Å². The second-order valence-electron chi connectivity index (χ2n) is 5.52. The molecule has 1 heterocycles. The number of ether oxygens (including phenoxy) is 1. The summed E-state index contributed by atoms with van der Waals surface area (Å²) < 4.78 is 5.27. The van der Waals surface area contributed by atoms with Crippen molar-refractivity contribution in [1.82, 2.24) is 5.32 Å². The molecule has 0 aliphatic carbocycles. The Morgan fingerprint density at radius 1 is 1.05 bits per heavy atom. The van der Waals surface area contributed by atoms with Gasteiger partial charge in [0.1, 0.15) is 0 Å². The third kappa shape index (κ3) is 8.91. The standard InChI is InChI=1S/C15H27NO4/c17-14(12-13-7-10-20-11-8-13)16-9-5-3-1-2-4-6-15(18)19/h13H,1-12H2,(H,16,17)(H,18,19). The van der Waals surface area contributed by atoms with Gasteiger partial charge in [0, 0.05) is 32.6 Å². The molecule has 0 unspecified atom stereocenters. The fourth-order valence-corrected chi connectivity index (χ4v) is 2.44. The van der Waals surface area contributed by atoms with E-state index in [1.54, 1.807) is 0 Å². The highest BCUT2D eigenvalue weighted by Crippen LogP contribution is 2.17. The molecule has 0 saturated carbocycles. The summed E-state index contributed by atoms with van der Waals surface area (Å²) >= 11 is 0. The molecule has 1 aliphatic heterocycles. The number of carbonyl (C=O) groups is 2. The van der Waals surface area contributed by atoms with E-state index in [9.17, 15) is 9.59 Å². The summed E-state index contributed by atoms with van der Waals surface area (Å²) in [7, 11) is 0. The van der Waals surface area contributed by atoms with Gasteiger partial charge in [-0.25, -0.2) is 0 Å². The van der Waals surface area contributed by atoms with Gasteiger partial charge in [-0.2, -0.15) is 0 Å². The Hall–Kier alpha value is -1.10. The quantitative estimate of drug-likeness (QED) is 0.604. The summed E-state index contributed by atoms with van der Waals surface area (Å²) in [5.41, 5.74) is 0. The number of carbonyl (C=O) groups excluding carboxylic acids is 1. The van der Waals surface area contributed by atoms with Crippen molar-refractivity contribution >= 4 is 11.9 Å². The second kappa shape index (κ2) is 10.7. The van der Waals surface area contributed by atoms with Gasteiger partial charge >= 0.3 is 5.97 Å². The largest absolute Gasteiger partial charge is 0.481 e. The van der Waals surface area contributed by atoms with Crippen molar-refractivity contribution in [2.24, 2.45) is 5.92 Å². The third-order valence-electron chi connectivity index (χ3n) is 3.70. The lowest BCUT2D eigenvalue weighted by molar-refractivity contribution is -0.137. The summed E-state index contributed by atoms with van der Waals surface area (Å²) in [6, 6.07) is 0. The van der Waals surface area contributed by atoms with E-state index in [2.05, 4.69) is 5.32 Å². The Morgan fingerprint density at radius 2 is 1.70 bits per heavy atom. The van der Waals surface area contributed by atoms with E-state index in [1.165, 1.54) is 0 Å². The van der Waals surface area contributed by atoms with Crippen LogP contribution in [0, 0.1) is 5.92 Å². The molecule has 0 aromatic rings. The summed E-state index contributed by atoms with van der Waals surface area (Å²) in [6.07, 6.45) is 7.68. The lowest BCUT2D eigenvalue weighted by Gasteiger charge is -2.21. The van der Waals surface area contributed by atoms with Gasteiger partial charge in [0.15, 0.2) is 0 Å². The third-order valence-corrected chi connectivity index (χ3v) is 3.70. The summed E-state index contributed by atoms with van der Waals surface area (Å²) in [4.78, 5) is 22.0. The molecule has 1 rings (SSSR count). The van der Waals surface area contributed by atoms with Crippen molar-refractivity contribution in [2.45, 2.75) is 57.8 Å². The molecule has 2 N–H and O–H groups in total. The number of amides is 1. The van der Waals surface area contributed by atoms with Crippen molar-refractivity contribution in [3.8, 4) is 0 Å². The minimum absolute atomic E-state index is 0.155. The molecule has 5 heteroatoms. The summed E-state index contributed by atoms with van der Waals surface area (Å²) in [6.45, 7) is 2.31. The average molecular weight is 285 g/mol. The number of carboxylic acids is 1. The van der Waals surface area contributed by atoms with Crippen molar-refractivity contribution in [3.05, 3.63) is 0 Å². The maximum Gasteiger partial charge on any atom is 0.303 e. The van der Waals surface area contributed by atoms with Gasteiger partial charge in [0.05, 0.1) is 0 Å². The van der Waals surface area contributed by atoms with Gasteiger partial charge in [-0.15, -0.1) is 0 Å². The van der Waals surface area contributed by atoms with Crippen LogP contribution in [0.2, 0.25) is 0 Å². The Balaban J connectivity index is 1.87.